The smallest absolute Gasteiger partial charge is 0.222 e. The summed E-state index contributed by atoms with van der Waals surface area (Å²) < 4.78 is 2.12. The van der Waals surface area contributed by atoms with E-state index >= 15 is 0 Å². The fourth-order valence-corrected chi connectivity index (χ4v) is 4.09. The fraction of sp³-hybridized carbons (Fsp3) is 0.562. The minimum Gasteiger partial charge on any atom is -0.338 e. The molecule has 0 bridgehead atoms. The van der Waals surface area contributed by atoms with Crippen molar-refractivity contribution in [1.29, 1.82) is 0 Å². The van der Waals surface area contributed by atoms with Gasteiger partial charge in [0.15, 0.2) is 5.13 Å². The molecule has 0 radical (unpaired) electrons. The number of hydrogen-bond acceptors (Lipinski definition) is 5. The Bertz CT molecular complexity index is 721. The summed E-state index contributed by atoms with van der Waals surface area (Å²) in [6, 6.07) is 0.322. The molecule has 2 aliphatic heterocycles. The SMILES string of the molecule is CC(C)n1nc(CN2CCCC2=O)c2c1CN(c1nccs1)C2. The third kappa shape index (κ3) is 2.52. The zero-order valence-corrected chi connectivity index (χ0v) is 14.3. The van der Waals surface area contributed by atoms with E-state index in [0.717, 1.165) is 36.9 Å². The molecule has 4 rings (SSSR count). The Morgan fingerprint density at radius 1 is 1.35 bits per heavy atom. The van der Waals surface area contributed by atoms with Crippen molar-refractivity contribution < 1.29 is 4.79 Å². The highest BCUT2D eigenvalue weighted by Gasteiger charge is 2.31. The number of hydrogen-bond donors (Lipinski definition) is 0. The highest BCUT2D eigenvalue weighted by Crippen LogP contribution is 2.33. The third-order valence-corrected chi connectivity index (χ3v) is 5.41. The number of amides is 1. The van der Waals surface area contributed by atoms with Crippen molar-refractivity contribution in [2.24, 2.45) is 0 Å². The van der Waals surface area contributed by atoms with Gasteiger partial charge < -0.3 is 9.80 Å². The van der Waals surface area contributed by atoms with Crippen LogP contribution in [-0.2, 0) is 24.4 Å². The first-order chi connectivity index (χ1) is 11.1. The topological polar surface area (TPSA) is 54.3 Å². The summed E-state index contributed by atoms with van der Waals surface area (Å²) in [5.74, 6) is 0.257. The van der Waals surface area contributed by atoms with Crippen LogP contribution in [0.5, 0.6) is 0 Å². The fourth-order valence-electron chi connectivity index (χ4n) is 3.45. The largest absolute Gasteiger partial charge is 0.338 e. The molecule has 2 aromatic rings. The van der Waals surface area contributed by atoms with Gasteiger partial charge >= 0.3 is 0 Å². The van der Waals surface area contributed by atoms with Gasteiger partial charge in [0.05, 0.1) is 24.5 Å². The van der Waals surface area contributed by atoms with E-state index in [1.807, 2.05) is 16.5 Å². The zero-order chi connectivity index (χ0) is 16.0. The van der Waals surface area contributed by atoms with Crippen molar-refractivity contribution in [3.63, 3.8) is 0 Å². The van der Waals surface area contributed by atoms with E-state index in [2.05, 4.69) is 28.4 Å². The van der Waals surface area contributed by atoms with Gasteiger partial charge in [-0.1, -0.05) is 0 Å². The highest BCUT2D eigenvalue weighted by atomic mass is 32.1. The number of carbonyl (C=O) groups is 1. The Hall–Kier alpha value is -1.89. The predicted molar refractivity (Wildman–Crippen MR) is 89.3 cm³/mol. The van der Waals surface area contributed by atoms with E-state index in [4.69, 9.17) is 5.10 Å². The second-order valence-corrected chi connectivity index (χ2v) is 7.37. The van der Waals surface area contributed by atoms with E-state index in [1.54, 1.807) is 11.3 Å². The number of fused-ring (bicyclic) bond motifs is 1. The number of rotatable bonds is 4. The quantitative estimate of drug-likeness (QED) is 0.864. The molecule has 4 heterocycles. The van der Waals surface area contributed by atoms with Crippen LogP contribution in [0, 0.1) is 0 Å². The van der Waals surface area contributed by atoms with Gasteiger partial charge in [0.1, 0.15) is 0 Å². The minimum atomic E-state index is 0.257. The molecule has 0 unspecified atom stereocenters. The second kappa shape index (κ2) is 5.63. The lowest BCUT2D eigenvalue weighted by atomic mass is 10.2. The van der Waals surface area contributed by atoms with Crippen LogP contribution in [0.15, 0.2) is 11.6 Å². The summed E-state index contributed by atoms with van der Waals surface area (Å²) in [6.07, 6.45) is 3.50. The summed E-state index contributed by atoms with van der Waals surface area (Å²) in [5.41, 5.74) is 3.62. The molecule has 6 nitrogen and oxygen atoms in total. The van der Waals surface area contributed by atoms with Crippen molar-refractivity contribution in [3.05, 3.63) is 28.5 Å². The lowest BCUT2D eigenvalue weighted by molar-refractivity contribution is -0.128. The zero-order valence-electron chi connectivity index (χ0n) is 13.5. The predicted octanol–water partition coefficient (Wildman–Crippen LogP) is 2.56. The lowest BCUT2D eigenvalue weighted by Crippen LogP contribution is -2.25. The van der Waals surface area contributed by atoms with Crippen LogP contribution in [0.25, 0.3) is 0 Å². The minimum absolute atomic E-state index is 0.257. The number of anilines is 1. The van der Waals surface area contributed by atoms with Gasteiger partial charge in [0.2, 0.25) is 5.91 Å². The van der Waals surface area contributed by atoms with Gasteiger partial charge in [-0.05, 0) is 20.3 Å². The van der Waals surface area contributed by atoms with Crippen molar-refractivity contribution in [2.45, 2.75) is 52.4 Å². The molecule has 0 atom stereocenters. The molecule has 0 spiro atoms. The summed E-state index contributed by atoms with van der Waals surface area (Å²) in [5, 5.41) is 7.89. The molecule has 1 amide bonds. The van der Waals surface area contributed by atoms with Gasteiger partial charge in [0.25, 0.3) is 0 Å². The molecule has 2 aromatic heterocycles. The monoisotopic (exact) mass is 331 g/mol. The molecule has 1 saturated heterocycles. The molecule has 122 valence electrons. The Morgan fingerprint density at radius 2 is 2.22 bits per heavy atom. The standard InChI is InChI=1S/C16H21N5OS/c1-11(2)21-14-10-20(16-17-5-7-23-16)8-12(14)13(18-21)9-19-6-3-4-15(19)22/h5,7,11H,3-4,6,8-10H2,1-2H3. The first-order valence-electron chi connectivity index (χ1n) is 8.15. The van der Waals surface area contributed by atoms with E-state index in [-0.39, 0.29) is 5.91 Å². The van der Waals surface area contributed by atoms with Crippen LogP contribution in [-0.4, -0.2) is 32.1 Å². The first-order valence-corrected chi connectivity index (χ1v) is 9.03. The molecular formula is C16H21N5OS. The van der Waals surface area contributed by atoms with Crippen LogP contribution < -0.4 is 4.90 Å². The van der Waals surface area contributed by atoms with E-state index < -0.39 is 0 Å². The van der Waals surface area contributed by atoms with Crippen LogP contribution in [0.4, 0.5) is 5.13 Å². The normalized spacial score (nSPS) is 17.6. The molecular weight excluding hydrogens is 310 g/mol. The molecule has 0 saturated carbocycles. The van der Waals surface area contributed by atoms with Crippen LogP contribution >= 0.6 is 11.3 Å². The Balaban J connectivity index is 1.64. The van der Waals surface area contributed by atoms with E-state index in [1.165, 1.54) is 11.3 Å². The van der Waals surface area contributed by atoms with Gasteiger partial charge in [-0.15, -0.1) is 11.3 Å². The summed E-state index contributed by atoms with van der Waals surface area (Å²) in [4.78, 5) is 20.6. The Kier molecular flexibility index (Phi) is 3.60. The molecule has 23 heavy (non-hydrogen) atoms. The van der Waals surface area contributed by atoms with Gasteiger partial charge in [-0.25, -0.2) is 4.98 Å². The Labute approximate surface area is 139 Å². The van der Waals surface area contributed by atoms with Crippen molar-refractivity contribution in [1.82, 2.24) is 19.7 Å². The lowest BCUT2D eigenvalue weighted by Gasteiger charge is -2.18. The third-order valence-electron chi connectivity index (χ3n) is 4.58. The molecule has 1 fully saturated rings. The van der Waals surface area contributed by atoms with Crippen LogP contribution in [0.1, 0.15) is 49.7 Å². The molecule has 0 aromatic carbocycles. The van der Waals surface area contributed by atoms with Crippen molar-refractivity contribution >= 4 is 22.4 Å². The number of carbonyl (C=O) groups excluding carboxylic acids is 1. The highest BCUT2D eigenvalue weighted by molar-refractivity contribution is 7.13. The molecule has 0 aliphatic carbocycles. The van der Waals surface area contributed by atoms with Gasteiger partial charge in [-0.2, -0.15) is 5.10 Å². The van der Waals surface area contributed by atoms with E-state index in [0.29, 0.717) is 19.0 Å². The average Bonchev–Trinajstić information content (AvgIpc) is 3.25. The van der Waals surface area contributed by atoms with Gasteiger partial charge in [0, 0.05) is 42.7 Å². The summed E-state index contributed by atoms with van der Waals surface area (Å²) in [7, 11) is 0. The van der Waals surface area contributed by atoms with Crippen LogP contribution in [0.3, 0.4) is 0 Å². The number of likely N-dealkylation sites (tertiary alicyclic amines) is 1. The molecule has 2 aliphatic rings. The Morgan fingerprint density at radius 3 is 2.87 bits per heavy atom. The van der Waals surface area contributed by atoms with Crippen molar-refractivity contribution in [2.75, 3.05) is 11.4 Å². The maximum atomic E-state index is 11.9. The maximum Gasteiger partial charge on any atom is 0.222 e. The number of nitrogens with zero attached hydrogens (tertiary/aromatic N) is 5. The molecule has 7 heteroatoms. The number of aromatic nitrogens is 3. The molecule has 0 N–H and O–H groups in total. The maximum absolute atomic E-state index is 11.9. The first kappa shape index (κ1) is 14.7. The summed E-state index contributed by atoms with van der Waals surface area (Å²) >= 11 is 1.67. The number of thiazole rings is 1. The van der Waals surface area contributed by atoms with Gasteiger partial charge in [-0.3, -0.25) is 9.48 Å². The average molecular weight is 331 g/mol. The second-order valence-electron chi connectivity index (χ2n) is 6.50. The summed E-state index contributed by atoms with van der Waals surface area (Å²) in [6.45, 7) is 7.51. The van der Waals surface area contributed by atoms with Crippen molar-refractivity contribution in [3.8, 4) is 0 Å². The van der Waals surface area contributed by atoms with E-state index in [9.17, 15) is 4.79 Å². The van der Waals surface area contributed by atoms with Crippen LogP contribution in [0.2, 0.25) is 0 Å².